The molecule has 1 saturated heterocycles. The molecule has 3 N–H and O–H groups in total. The van der Waals surface area contributed by atoms with Gasteiger partial charge in [0.2, 0.25) is 0 Å². The van der Waals surface area contributed by atoms with Gasteiger partial charge in [0.15, 0.2) is 0 Å². The van der Waals surface area contributed by atoms with E-state index in [4.69, 9.17) is 0 Å². The van der Waals surface area contributed by atoms with Gasteiger partial charge in [-0.15, -0.1) is 0 Å². The van der Waals surface area contributed by atoms with Crippen LogP contribution >= 0.6 is 26.6 Å². The molecular formula is H6N3P3Pt. The van der Waals surface area contributed by atoms with Crippen LogP contribution in [0.3, 0.4) is 0 Å². The Morgan fingerprint density at radius 1 is 0.714 bits per heavy atom. The third kappa shape index (κ3) is 4.37. The predicted octanol–water partition coefficient (Wildman–Crippen LogP) is 0.292. The van der Waals surface area contributed by atoms with Crippen LogP contribution in [0, 0.1) is 0 Å². The van der Waals surface area contributed by atoms with E-state index in [1.807, 2.05) is 0 Å². The van der Waals surface area contributed by atoms with Gasteiger partial charge >= 0.3 is 0 Å². The van der Waals surface area contributed by atoms with E-state index < -0.39 is 0 Å². The molecule has 0 aromatic heterocycles. The molecule has 0 saturated carbocycles. The summed E-state index contributed by atoms with van der Waals surface area (Å²) in [5.74, 6) is 0. The number of hydrogen-bond donors (Lipinski definition) is 3. The Labute approximate surface area is 62.5 Å². The number of rotatable bonds is 0. The zero-order valence-electron chi connectivity index (χ0n) is 3.32. The quantitative estimate of drug-likeness (QED) is 0.557. The summed E-state index contributed by atoms with van der Waals surface area (Å²) in [4.78, 5) is 9.38. The topological polar surface area (TPSA) is 36.1 Å². The summed E-state index contributed by atoms with van der Waals surface area (Å²) in [7, 11) is 2.29. The van der Waals surface area contributed by atoms with Gasteiger partial charge in [0, 0.05) is 47.7 Å². The summed E-state index contributed by atoms with van der Waals surface area (Å²) in [6.45, 7) is 0. The van der Waals surface area contributed by atoms with E-state index in [-0.39, 0.29) is 21.1 Å². The van der Waals surface area contributed by atoms with Gasteiger partial charge in [0.25, 0.3) is 0 Å². The molecule has 7 heavy (non-hydrogen) atoms. The minimum atomic E-state index is 0. The van der Waals surface area contributed by atoms with Crippen molar-refractivity contribution in [1.29, 1.82) is 0 Å². The largest absolute Gasteiger partial charge is 0.254 e. The summed E-state index contributed by atoms with van der Waals surface area (Å²) in [6.07, 6.45) is 0. The van der Waals surface area contributed by atoms with E-state index >= 15 is 0 Å². The molecule has 0 spiro atoms. The van der Waals surface area contributed by atoms with Gasteiger partial charge in [-0.3, -0.25) is 14.6 Å². The minimum absolute atomic E-state index is 0. The Bertz CT molecular complexity index is 25.7. The van der Waals surface area contributed by atoms with Gasteiger partial charge < -0.3 is 0 Å². The second kappa shape index (κ2) is 5.99. The third-order valence-electron chi connectivity index (χ3n) is 0.375. The van der Waals surface area contributed by atoms with Crippen LogP contribution in [-0.4, -0.2) is 0 Å². The van der Waals surface area contributed by atoms with E-state index in [0.29, 0.717) is 0 Å². The molecule has 46 valence electrons. The van der Waals surface area contributed by atoms with E-state index in [0.717, 1.165) is 26.6 Å². The van der Waals surface area contributed by atoms with Gasteiger partial charge in [0.1, 0.15) is 0 Å². The summed E-state index contributed by atoms with van der Waals surface area (Å²) in [5.41, 5.74) is 0. The number of hydrogen-bond acceptors (Lipinski definition) is 3. The first kappa shape index (κ1) is 8.86. The van der Waals surface area contributed by atoms with Gasteiger partial charge in [-0.1, -0.05) is 0 Å². The monoisotopic (exact) mass is 336 g/mol. The van der Waals surface area contributed by atoms with Crippen molar-refractivity contribution in [1.82, 2.24) is 14.6 Å². The first-order valence-electron chi connectivity index (χ1n) is 1.50. The Hall–Kier alpha value is 1.86. The number of nitrogens with one attached hydrogen (secondary N) is 3. The smallest absolute Gasteiger partial charge is 0.0273 e. The fourth-order valence-electron chi connectivity index (χ4n) is 0.188. The van der Waals surface area contributed by atoms with Crippen molar-refractivity contribution in [3.63, 3.8) is 0 Å². The Kier molecular flexibility index (Phi) is 7.57. The van der Waals surface area contributed by atoms with Crippen LogP contribution in [0.4, 0.5) is 0 Å². The van der Waals surface area contributed by atoms with Crippen molar-refractivity contribution >= 4 is 26.6 Å². The van der Waals surface area contributed by atoms with Crippen LogP contribution in [0.1, 0.15) is 0 Å². The Morgan fingerprint density at radius 2 is 1.00 bits per heavy atom. The molecule has 0 aromatic rings. The molecule has 0 radical (unpaired) electrons. The van der Waals surface area contributed by atoms with Crippen LogP contribution in [0.15, 0.2) is 0 Å². The molecule has 0 bridgehead atoms. The van der Waals surface area contributed by atoms with Crippen molar-refractivity contribution < 1.29 is 21.1 Å². The summed E-state index contributed by atoms with van der Waals surface area (Å²) in [6, 6.07) is 0. The van der Waals surface area contributed by atoms with Crippen LogP contribution in [-0.2, 0) is 21.1 Å². The van der Waals surface area contributed by atoms with Gasteiger partial charge in [-0.05, 0) is 0 Å². The van der Waals surface area contributed by atoms with E-state index in [9.17, 15) is 0 Å². The molecular weight excluding hydrogens is 330 g/mol. The van der Waals surface area contributed by atoms with E-state index in [1.54, 1.807) is 0 Å². The van der Waals surface area contributed by atoms with Crippen molar-refractivity contribution in [2.75, 3.05) is 0 Å². The summed E-state index contributed by atoms with van der Waals surface area (Å²) in [5, 5.41) is 0. The average molecular weight is 336 g/mol. The first-order chi connectivity index (χ1) is 3.00. The maximum atomic E-state index is 3.12. The molecule has 1 rings (SSSR count). The average Bonchev–Trinajstić information content (AvgIpc) is 1.72. The van der Waals surface area contributed by atoms with Crippen LogP contribution < -0.4 is 14.6 Å². The van der Waals surface area contributed by atoms with Crippen LogP contribution in [0.5, 0.6) is 0 Å². The molecule has 1 aliphatic heterocycles. The zero-order chi connectivity index (χ0) is 4.24. The molecule has 0 amide bonds. The second-order valence-corrected chi connectivity index (χ2v) is 4.50. The molecule has 7 heteroatoms. The molecule has 1 fully saturated rings. The van der Waals surface area contributed by atoms with Crippen LogP contribution in [0.2, 0.25) is 0 Å². The SMILES string of the molecule is N1PNPNP1.[Pt]. The van der Waals surface area contributed by atoms with E-state index in [2.05, 4.69) is 14.6 Å². The van der Waals surface area contributed by atoms with Crippen molar-refractivity contribution in [3.8, 4) is 0 Å². The normalized spacial score (nSPS) is 30.9. The fourth-order valence-corrected chi connectivity index (χ4v) is 3.38. The molecule has 0 aromatic carbocycles. The predicted molar refractivity (Wildman–Crippen MR) is 34.4 cm³/mol. The molecule has 3 nitrogen and oxygen atoms in total. The van der Waals surface area contributed by atoms with Crippen molar-refractivity contribution in [2.24, 2.45) is 0 Å². The van der Waals surface area contributed by atoms with Crippen LogP contribution in [0.25, 0.3) is 0 Å². The fraction of sp³-hybridized carbons (Fsp3) is 0. The molecule has 1 aliphatic rings. The maximum Gasteiger partial charge on any atom is 0.0273 e. The minimum Gasteiger partial charge on any atom is -0.254 e. The molecule has 1 heterocycles. The zero-order valence-corrected chi connectivity index (χ0v) is 8.59. The Balaban J connectivity index is 0.000000360. The molecule has 0 aliphatic carbocycles. The Morgan fingerprint density at radius 3 is 1.14 bits per heavy atom. The standard InChI is InChI=1S/H6N3P3.Pt/c1-4-2-6-3-5-1;/h1-6H;. The van der Waals surface area contributed by atoms with Gasteiger partial charge in [0.05, 0.1) is 0 Å². The molecule has 0 unspecified atom stereocenters. The first-order valence-corrected chi connectivity index (χ1v) is 4.50. The summed E-state index contributed by atoms with van der Waals surface area (Å²) >= 11 is 0. The van der Waals surface area contributed by atoms with Crippen molar-refractivity contribution in [2.45, 2.75) is 0 Å². The molecule has 0 atom stereocenters. The van der Waals surface area contributed by atoms with Crippen molar-refractivity contribution in [3.05, 3.63) is 0 Å². The van der Waals surface area contributed by atoms with Gasteiger partial charge in [-0.25, -0.2) is 0 Å². The summed E-state index contributed by atoms with van der Waals surface area (Å²) < 4.78 is 0. The third-order valence-corrected chi connectivity index (χ3v) is 3.38. The van der Waals surface area contributed by atoms with Gasteiger partial charge in [-0.2, -0.15) is 0 Å². The second-order valence-electron chi connectivity index (χ2n) is 0.750. The van der Waals surface area contributed by atoms with E-state index in [1.165, 1.54) is 0 Å². The maximum absolute atomic E-state index is 3.12.